The molecule has 2 aromatic rings. The highest BCUT2D eigenvalue weighted by Crippen LogP contribution is 2.39. The Morgan fingerprint density at radius 3 is 2.49 bits per heavy atom. The van der Waals surface area contributed by atoms with Crippen molar-refractivity contribution in [3.05, 3.63) is 64.7 Å². The van der Waals surface area contributed by atoms with Gasteiger partial charge in [0.25, 0.3) is 5.91 Å². The quantitative estimate of drug-likeness (QED) is 0.423. The second kappa shape index (κ2) is 9.74. The zero-order valence-corrected chi connectivity index (χ0v) is 20.1. The number of benzene rings is 2. The van der Waals surface area contributed by atoms with Gasteiger partial charge in [-0.15, -0.1) is 0 Å². The summed E-state index contributed by atoms with van der Waals surface area (Å²) in [6, 6.07) is 11.8. The van der Waals surface area contributed by atoms with Crippen LogP contribution in [0.25, 0.3) is 0 Å². The number of nitrogens with zero attached hydrogens (tertiary/aromatic N) is 3. The van der Waals surface area contributed by atoms with E-state index in [1.54, 1.807) is 23.1 Å². The van der Waals surface area contributed by atoms with Crippen molar-refractivity contribution in [1.82, 2.24) is 14.6 Å². The summed E-state index contributed by atoms with van der Waals surface area (Å²) in [5.74, 6) is -1.54. The van der Waals surface area contributed by atoms with Crippen LogP contribution in [0.15, 0.2) is 42.5 Å². The molecule has 5 rings (SSSR count). The number of morpholine rings is 1. The maximum Gasteiger partial charge on any atom is 0.255 e. The molecule has 3 aliphatic heterocycles. The Labute approximate surface area is 218 Å². The van der Waals surface area contributed by atoms with Gasteiger partial charge in [0.2, 0.25) is 25.7 Å². The molecule has 3 heterocycles. The van der Waals surface area contributed by atoms with Gasteiger partial charge in [-0.25, -0.2) is 0 Å². The molecule has 12 heteroatoms. The van der Waals surface area contributed by atoms with Crippen molar-refractivity contribution in [1.29, 1.82) is 0 Å². The van der Waals surface area contributed by atoms with Gasteiger partial charge in [0, 0.05) is 24.2 Å². The predicted octanol–water partition coefficient (Wildman–Crippen LogP) is 0.244. The molecule has 2 saturated heterocycles. The van der Waals surface area contributed by atoms with Crippen molar-refractivity contribution in [2.75, 3.05) is 19.8 Å². The lowest BCUT2D eigenvalue weighted by atomic mass is 9.49. The van der Waals surface area contributed by atoms with Gasteiger partial charge in [-0.05, 0) is 34.9 Å². The van der Waals surface area contributed by atoms with Gasteiger partial charge in [0.1, 0.15) is 25.0 Å². The van der Waals surface area contributed by atoms with Crippen LogP contribution in [0, 0.1) is 0 Å². The molecule has 3 aliphatic rings. The van der Waals surface area contributed by atoms with E-state index in [0.717, 1.165) is 11.1 Å². The third-order valence-electron chi connectivity index (χ3n) is 6.87. The number of imide groups is 1. The Morgan fingerprint density at radius 2 is 1.76 bits per heavy atom. The minimum absolute atomic E-state index is 0.0236. The SMILES string of the molecule is [B]N1C(=O)C(N2Cc3c(OCc4ccc(CN5CCOCC5=O)cc4)cccc3C2=O)CC([B])([B])C1=O. The van der Waals surface area contributed by atoms with Crippen molar-refractivity contribution < 1.29 is 28.7 Å². The lowest BCUT2D eigenvalue weighted by Crippen LogP contribution is -2.59. The molecule has 0 aliphatic carbocycles. The Balaban J connectivity index is 1.26. The zero-order valence-electron chi connectivity index (χ0n) is 20.1. The van der Waals surface area contributed by atoms with Gasteiger partial charge in [-0.3, -0.25) is 19.2 Å². The van der Waals surface area contributed by atoms with Crippen LogP contribution in [0.2, 0.25) is 5.21 Å². The molecule has 0 N–H and O–H groups in total. The summed E-state index contributed by atoms with van der Waals surface area (Å²) < 4.78 is 11.2. The number of ether oxygens (including phenoxy) is 2. The molecule has 182 valence electrons. The Kier molecular flexibility index (Phi) is 6.62. The second-order valence-electron chi connectivity index (χ2n) is 9.46. The van der Waals surface area contributed by atoms with Crippen molar-refractivity contribution in [2.24, 2.45) is 0 Å². The topological polar surface area (TPSA) is 96.5 Å². The average molecular weight is 493 g/mol. The lowest BCUT2D eigenvalue weighted by Gasteiger charge is -2.42. The third kappa shape index (κ3) is 4.77. The Bertz CT molecular complexity index is 1270. The molecule has 2 aromatic carbocycles. The van der Waals surface area contributed by atoms with Crippen molar-refractivity contribution in [3.63, 3.8) is 0 Å². The second-order valence-corrected chi connectivity index (χ2v) is 9.46. The fourth-order valence-electron chi connectivity index (χ4n) is 4.78. The van der Waals surface area contributed by atoms with Crippen LogP contribution in [0.1, 0.15) is 33.5 Å². The highest BCUT2D eigenvalue weighted by atomic mass is 16.5. The monoisotopic (exact) mass is 493 g/mol. The molecule has 1 unspecified atom stereocenters. The first-order valence-electron chi connectivity index (χ1n) is 11.9. The molecule has 0 saturated carbocycles. The van der Waals surface area contributed by atoms with Crippen molar-refractivity contribution >= 4 is 47.3 Å². The van der Waals surface area contributed by atoms with E-state index < -0.39 is 23.1 Å². The first-order chi connectivity index (χ1) is 17.7. The fourth-order valence-corrected chi connectivity index (χ4v) is 4.78. The Morgan fingerprint density at radius 1 is 1.03 bits per heavy atom. The molecular formula is C25H22B3N3O6. The van der Waals surface area contributed by atoms with Crippen LogP contribution in [0.5, 0.6) is 5.75 Å². The number of fused-ring (bicyclic) bond motifs is 1. The summed E-state index contributed by atoms with van der Waals surface area (Å²) in [6.07, 6.45) is -0.239. The number of carbonyl (C=O) groups excluding carboxylic acids is 4. The van der Waals surface area contributed by atoms with E-state index in [9.17, 15) is 19.2 Å². The predicted molar refractivity (Wildman–Crippen MR) is 134 cm³/mol. The van der Waals surface area contributed by atoms with Crippen LogP contribution < -0.4 is 4.74 Å². The standard InChI is InChI=1S/C25H22B3N3O6/c26-25(27)10-19(23(34)31(28)24(25)35)30-12-18-17(22(30)33)2-1-3-20(18)37-13-16-6-4-15(5-7-16)11-29-8-9-36-14-21(29)32/h1-7,19H,8-14H2. The minimum atomic E-state index is -1.86. The number of piperidine rings is 1. The van der Waals surface area contributed by atoms with E-state index in [2.05, 4.69) is 0 Å². The van der Waals surface area contributed by atoms with E-state index in [-0.39, 0.29) is 38.0 Å². The molecule has 9 nitrogen and oxygen atoms in total. The van der Waals surface area contributed by atoms with E-state index in [0.29, 0.717) is 41.4 Å². The van der Waals surface area contributed by atoms with E-state index in [1.807, 2.05) is 24.3 Å². The van der Waals surface area contributed by atoms with Crippen LogP contribution >= 0.6 is 0 Å². The molecule has 4 amide bonds. The van der Waals surface area contributed by atoms with E-state index in [1.165, 1.54) is 4.90 Å². The van der Waals surface area contributed by atoms with Crippen molar-refractivity contribution in [2.45, 2.75) is 37.4 Å². The minimum Gasteiger partial charge on any atom is -0.489 e. The van der Waals surface area contributed by atoms with Gasteiger partial charge in [-0.1, -0.05) is 30.3 Å². The molecule has 0 spiro atoms. The maximum atomic E-state index is 13.1. The number of hydrogen-bond acceptors (Lipinski definition) is 6. The van der Waals surface area contributed by atoms with E-state index >= 15 is 0 Å². The van der Waals surface area contributed by atoms with Gasteiger partial charge < -0.3 is 24.1 Å². The summed E-state index contributed by atoms with van der Waals surface area (Å²) in [4.78, 5) is 53.4. The average Bonchev–Trinajstić information content (AvgIpc) is 3.23. The van der Waals surface area contributed by atoms with Crippen molar-refractivity contribution in [3.8, 4) is 5.75 Å². The summed E-state index contributed by atoms with van der Waals surface area (Å²) in [7, 11) is 17.3. The summed E-state index contributed by atoms with van der Waals surface area (Å²) >= 11 is 0. The smallest absolute Gasteiger partial charge is 0.255 e. The van der Waals surface area contributed by atoms with Gasteiger partial charge in [-0.2, -0.15) is 0 Å². The van der Waals surface area contributed by atoms with E-state index in [4.69, 9.17) is 33.1 Å². The largest absolute Gasteiger partial charge is 0.489 e. The normalized spacial score (nSPS) is 21.4. The first kappa shape index (κ1) is 25.1. The molecule has 37 heavy (non-hydrogen) atoms. The number of carbonyl (C=O) groups is 4. The summed E-state index contributed by atoms with van der Waals surface area (Å²) in [6.45, 7) is 2.09. The summed E-state index contributed by atoms with van der Waals surface area (Å²) in [5, 5.41) is -1.86. The maximum absolute atomic E-state index is 13.1. The molecule has 6 radical (unpaired) electrons. The first-order valence-corrected chi connectivity index (χ1v) is 11.9. The Hall–Kier alpha value is -3.53. The van der Waals surface area contributed by atoms with Crippen LogP contribution in [0.4, 0.5) is 0 Å². The number of rotatable bonds is 6. The van der Waals surface area contributed by atoms with Gasteiger partial charge in [0.05, 0.1) is 28.8 Å². The molecule has 0 bridgehead atoms. The van der Waals surface area contributed by atoms with Crippen LogP contribution in [0.3, 0.4) is 0 Å². The molecular weight excluding hydrogens is 471 g/mol. The molecule has 1 atom stereocenters. The van der Waals surface area contributed by atoms with Gasteiger partial charge in [0.15, 0.2) is 0 Å². The van der Waals surface area contributed by atoms with Crippen LogP contribution in [-0.2, 0) is 38.8 Å². The van der Waals surface area contributed by atoms with Crippen LogP contribution in [-0.4, -0.2) is 87.7 Å². The lowest BCUT2D eigenvalue weighted by molar-refractivity contribution is -0.146. The summed E-state index contributed by atoms with van der Waals surface area (Å²) in [5.41, 5.74) is 2.94. The highest BCUT2D eigenvalue weighted by molar-refractivity contribution is 6.54. The fraction of sp³-hybridized carbons (Fsp3) is 0.360. The number of hydrogen-bond donors (Lipinski definition) is 0. The number of amides is 4. The zero-order chi connectivity index (χ0) is 26.3. The van der Waals surface area contributed by atoms with Gasteiger partial charge >= 0.3 is 0 Å². The molecule has 0 aromatic heterocycles. The third-order valence-corrected chi connectivity index (χ3v) is 6.87. The highest BCUT2D eigenvalue weighted by Gasteiger charge is 2.48. The molecule has 2 fully saturated rings.